The Morgan fingerprint density at radius 2 is 2.36 bits per heavy atom. The molecule has 3 nitrogen and oxygen atoms in total. The molecule has 2 N–H and O–H groups in total. The SMILES string of the molecule is Cc1cc(SCS)nc(N)n1. The number of hydrogen-bond acceptors (Lipinski definition) is 5. The molecule has 0 aliphatic carbocycles. The van der Waals surface area contributed by atoms with Gasteiger partial charge in [0.15, 0.2) is 0 Å². The molecule has 0 aliphatic rings. The van der Waals surface area contributed by atoms with E-state index in [-0.39, 0.29) is 0 Å². The van der Waals surface area contributed by atoms with Gasteiger partial charge in [-0.2, -0.15) is 12.6 Å². The lowest BCUT2D eigenvalue weighted by atomic mass is 10.5. The molecule has 0 radical (unpaired) electrons. The van der Waals surface area contributed by atoms with Crippen molar-refractivity contribution in [3.8, 4) is 0 Å². The van der Waals surface area contributed by atoms with Crippen molar-refractivity contribution >= 4 is 30.3 Å². The third-order valence-corrected chi connectivity index (χ3v) is 2.08. The minimum atomic E-state index is 0.328. The number of anilines is 1. The van der Waals surface area contributed by atoms with Crippen LogP contribution in [0.1, 0.15) is 5.69 Å². The van der Waals surface area contributed by atoms with E-state index in [1.54, 1.807) is 0 Å². The Balaban J connectivity index is 2.89. The predicted octanol–water partition coefficient (Wildman–Crippen LogP) is 1.35. The van der Waals surface area contributed by atoms with Crippen LogP contribution in [-0.2, 0) is 0 Å². The molecular weight excluding hydrogens is 178 g/mol. The summed E-state index contributed by atoms with van der Waals surface area (Å²) in [5.74, 6) is 0.328. The van der Waals surface area contributed by atoms with Crippen molar-refractivity contribution in [2.24, 2.45) is 0 Å². The molecule has 1 heterocycles. The topological polar surface area (TPSA) is 51.8 Å². The van der Waals surface area contributed by atoms with Gasteiger partial charge >= 0.3 is 0 Å². The average Bonchev–Trinajstić information content (AvgIpc) is 1.85. The third kappa shape index (κ3) is 2.59. The quantitative estimate of drug-likeness (QED) is 0.317. The molecule has 1 aromatic heterocycles. The maximum Gasteiger partial charge on any atom is 0.221 e. The average molecular weight is 187 g/mol. The third-order valence-electron chi connectivity index (χ3n) is 1.06. The molecule has 0 spiro atoms. The van der Waals surface area contributed by atoms with Crippen LogP contribution in [0.3, 0.4) is 0 Å². The Morgan fingerprint density at radius 3 is 2.91 bits per heavy atom. The minimum absolute atomic E-state index is 0.328. The number of rotatable bonds is 2. The monoisotopic (exact) mass is 187 g/mol. The normalized spacial score (nSPS) is 10.0. The lowest BCUT2D eigenvalue weighted by molar-refractivity contribution is 1.03. The smallest absolute Gasteiger partial charge is 0.221 e. The van der Waals surface area contributed by atoms with E-state index >= 15 is 0 Å². The standard InChI is InChI=1S/C6H9N3S2/c1-4-2-5(11-3-10)9-6(7)8-4/h2,10H,3H2,1H3,(H2,7,8,9). The number of hydrogen-bond donors (Lipinski definition) is 2. The summed E-state index contributed by atoms with van der Waals surface area (Å²) in [7, 11) is 0. The largest absolute Gasteiger partial charge is 0.368 e. The van der Waals surface area contributed by atoms with Gasteiger partial charge in [-0.05, 0) is 13.0 Å². The summed E-state index contributed by atoms with van der Waals surface area (Å²) < 4.78 is 0. The summed E-state index contributed by atoms with van der Waals surface area (Å²) in [5.41, 5.74) is 6.32. The predicted molar refractivity (Wildman–Crippen MR) is 50.9 cm³/mol. The molecule has 0 atom stereocenters. The molecule has 0 aromatic carbocycles. The van der Waals surface area contributed by atoms with E-state index in [1.807, 2.05) is 13.0 Å². The van der Waals surface area contributed by atoms with Gasteiger partial charge in [0.1, 0.15) is 5.03 Å². The van der Waals surface area contributed by atoms with Gasteiger partial charge in [-0.25, -0.2) is 9.97 Å². The molecule has 0 bridgehead atoms. The molecule has 1 rings (SSSR count). The van der Waals surface area contributed by atoms with Crippen LogP contribution in [0.15, 0.2) is 11.1 Å². The first-order valence-corrected chi connectivity index (χ1v) is 4.69. The van der Waals surface area contributed by atoms with E-state index in [1.165, 1.54) is 11.8 Å². The minimum Gasteiger partial charge on any atom is -0.368 e. The van der Waals surface area contributed by atoms with Gasteiger partial charge in [0, 0.05) is 10.8 Å². The van der Waals surface area contributed by atoms with Gasteiger partial charge in [0.05, 0.1) is 0 Å². The van der Waals surface area contributed by atoms with E-state index in [9.17, 15) is 0 Å². The number of nitrogens with two attached hydrogens (primary N) is 1. The fourth-order valence-electron chi connectivity index (χ4n) is 0.702. The van der Waals surface area contributed by atoms with Crippen LogP contribution in [0.2, 0.25) is 0 Å². The van der Waals surface area contributed by atoms with Crippen molar-refractivity contribution < 1.29 is 0 Å². The van der Waals surface area contributed by atoms with Crippen molar-refractivity contribution in [3.63, 3.8) is 0 Å². The maximum absolute atomic E-state index is 5.43. The molecule has 0 amide bonds. The zero-order chi connectivity index (χ0) is 8.27. The van der Waals surface area contributed by atoms with Gasteiger partial charge in [-0.1, -0.05) is 11.8 Å². The first-order chi connectivity index (χ1) is 5.22. The lowest BCUT2D eigenvalue weighted by Gasteiger charge is -1.99. The Kier molecular flexibility index (Phi) is 3.02. The van der Waals surface area contributed by atoms with E-state index in [0.717, 1.165) is 10.7 Å². The maximum atomic E-state index is 5.43. The highest BCUT2D eigenvalue weighted by atomic mass is 32.2. The van der Waals surface area contributed by atoms with Gasteiger partial charge < -0.3 is 5.73 Å². The first kappa shape index (κ1) is 8.67. The lowest BCUT2D eigenvalue weighted by Crippen LogP contribution is -1.97. The first-order valence-electron chi connectivity index (χ1n) is 3.07. The van der Waals surface area contributed by atoms with Crippen LogP contribution in [0, 0.1) is 6.92 Å². The Labute approximate surface area is 75.2 Å². The van der Waals surface area contributed by atoms with Crippen LogP contribution in [-0.4, -0.2) is 15.1 Å². The number of nitrogen functional groups attached to an aromatic ring is 1. The van der Waals surface area contributed by atoms with E-state index in [4.69, 9.17) is 5.73 Å². The van der Waals surface area contributed by atoms with Gasteiger partial charge in [-0.3, -0.25) is 0 Å². The van der Waals surface area contributed by atoms with Crippen molar-refractivity contribution in [2.45, 2.75) is 11.9 Å². The van der Waals surface area contributed by atoms with Crippen molar-refractivity contribution in [3.05, 3.63) is 11.8 Å². The van der Waals surface area contributed by atoms with Gasteiger partial charge in [0.25, 0.3) is 0 Å². The van der Waals surface area contributed by atoms with Crippen LogP contribution < -0.4 is 5.73 Å². The summed E-state index contributed by atoms with van der Waals surface area (Å²) in [6, 6.07) is 1.89. The summed E-state index contributed by atoms with van der Waals surface area (Å²) in [6.07, 6.45) is 0. The molecule has 0 unspecified atom stereocenters. The number of thioether (sulfide) groups is 1. The second-order valence-corrected chi connectivity index (χ2v) is 3.72. The molecule has 11 heavy (non-hydrogen) atoms. The summed E-state index contributed by atoms with van der Waals surface area (Å²) in [4.78, 5) is 7.95. The molecule has 1 aromatic rings. The van der Waals surface area contributed by atoms with E-state index in [2.05, 4.69) is 22.6 Å². The molecular formula is C6H9N3S2. The number of thiol groups is 1. The summed E-state index contributed by atoms with van der Waals surface area (Å²) in [5, 5.41) is 1.58. The number of nitrogens with zero attached hydrogens (tertiary/aromatic N) is 2. The number of aryl methyl sites for hydroxylation is 1. The second kappa shape index (κ2) is 3.82. The molecule has 60 valence electrons. The Hall–Kier alpha value is -0.420. The van der Waals surface area contributed by atoms with Crippen molar-refractivity contribution in [1.82, 2.24) is 9.97 Å². The van der Waals surface area contributed by atoms with E-state index in [0.29, 0.717) is 11.0 Å². The molecule has 0 saturated heterocycles. The Bertz CT molecular complexity index is 231. The molecule has 0 saturated carbocycles. The zero-order valence-electron chi connectivity index (χ0n) is 6.11. The summed E-state index contributed by atoms with van der Waals surface area (Å²) >= 11 is 5.60. The highest BCUT2D eigenvalue weighted by Gasteiger charge is 1.97. The molecule has 0 aliphatic heterocycles. The van der Waals surface area contributed by atoms with E-state index < -0.39 is 0 Å². The van der Waals surface area contributed by atoms with Crippen molar-refractivity contribution in [2.75, 3.05) is 10.8 Å². The van der Waals surface area contributed by atoms with Crippen LogP contribution in [0.4, 0.5) is 5.95 Å². The van der Waals surface area contributed by atoms with Crippen LogP contribution in [0.25, 0.3) is 0 Å². The molecule has 5 heteroatoms. The number of aromatic nitrogens is 2. The highest BCUT2D eigenvalue weighted by Crippen LogP contribution is 2.17. The highest BCUT2D eigenvalue weighted by molar-refractivity contribution is 8.09. The Morgan fingerprint density at radius 1 is 1.64 bits per heavy atom. The van der Waals surface area contributed by atoms with Crippen LogP contribution in [0.5, 0.6) is 0 Å². The molecule has 0 fully saturated rings. The summed E-state index contributed by atoms with van der Waals surface area (Å²) in [6.45, 7) is 1.89. The fraction of sp³-hybridized carbons (Fsp3) is 0.333. The van der Waals surface area contributed by atoms with Crippen molar-refractivity contribution in [1.29, 1.82) is 0 Å². The van der Waals surface area contributed by atoms with Gasteiger partial charge in [-0.15, -0.1) is 0 Å². The fourth-order valence-corrected chi connectivity index (χ4v) is 1.64. The van der Waals surface area contributed by atoms with Gasteiger partial charge in [0.2, 0.25) is 5.95 Å². The van der Waals surface area contributed by atoms with Crippen LogP contribution >= 0.6 is 24.4 Å². The second-order valence-electron chi connectivity index (χ2n) is 1.98. The zero-order valence-corrected chi connectivity index (χ0v) is 7.82.